The van der Waals surface area contributed by atoms with Gasteiger partial charge in [0, 0.05) is 61.5 Å². The minimum absolute atomic E-state index is 0.198. The number of nitrogens with one attached hydrogen (secondary N) is 2. The molecule has 2 amide bonds. The lowest BCUT2D eigenvalue weighted by molar-refractivity contribution is -0.114. The zero-order chi connectivity index (χ0) is 23.9. The maximum atomic E-state index is 12.6. The molecule has 0 unspecified atom stereocenters. The summed E-state index contributed by atoms with van der Waals surface area (Å²) < 4.78 is 0. The normalized spacial score (nSPS) is 17.8. The van der Waals surface area contributed by atoms with Crippen LogP contribution >= 0.6 is 0 Å². The minimum atomic E-state index is -0.414. The Hall–Kier alpha value is -3.42. The SMILES string of the molecule is CN1CCN(c2ccc(NC=C3C(=O)NC(=O)c4ccc(C=CCCCCO)cc43)cc2)CC1. The third kappa shape index (κ3) is 5.73. The molecule has 2 aliphatic rings. The Morgan fingerprint density at radius 3 is 2.47 bits per heavy atom. The molecule has 1 fully saturated rings. The van der Waals surface area contributed by atoms with E-state index in [9.17, 15) is 9.59 Å². The number of aliphatic hydroxyl groups excluding tert-OH is 1. The number of carbonyl (C=O) groups is 2. The second-order valence-electron chi connectivity index (χ2n) is 8.75. The molecule has 34 heavy (non-hydrogen) atoms. The van der Waals surface area contributed by atoms with Crippen molar-refractivity contribution in [3.63, 3.8) is 0 Å². The van der Waals surface area contributed by atoms with Gasteiger partial charge in [0.1, 0.15) is 0 Å². The number of fused-ring (bicyclic) bond motifs is 1. The van der Waals surface area contributed by atoms with Crippen molar-refractivity contribution in [1.29, 1.82) is 0 Å². The van der Waals surface area contributed by atoms with Crippen molar-refractivity contribution in [1.82, 2.24) is 10.2 Å². The third-order valence-corrected chi connectivity index (χ3v) is 6.26. The molecule has 7 heteroatoms. The van der Waals surface area contributed by atoms with Gasteiger partial charge in [-0.25, -0.2) is 0 Å². The lowest BCUT2D eigenvalue weighted by Gasteiger charge is -2.34. The Bertz CT molecular complexity index is 1080. The van der Waals surface area contributed by atoms with Crippen LogP contribution in [0, 0.1) is 0 Å². The van der Waals surface area contributed by atoms with Gasteiger partial charge in [-0.05, 0) is 68.3 Å². The van der Waals surface area contributed by atoms with Crippen LogP contribution in [0.4, 0.5) is 11.4 Å². The molecule has 3 N–H and O–H groups in total. The molecule has 0 saturated carbocycles. The number of anilines is 2. The van der Waals surface area contributed by atoms with Gasteiger partial charge in [-0.3, -0.25) is 14.9 Å². The van der Waals surface area contributed by atoms with Crippen LogP contribution in [0.1, 0.15) is 40.7 Å². The average Bonchev–Trinajstić information content (AvgIpc) is 2.84. The largest absolute Gasteiger partial charge is 0.396 e. The van der Waals surface area contributed by atoms with Gasteiger partial charge in [0.25, 0.3) is 11.8 Å². The number of amides is 2. The van der Waals surface area contributed by atoms with Crippen LogP contribution in [0.5, 0.6) is 0 Å². The highest BCUT2D eigenvalue weighted by atomic mass is 16.3. The van der Waals surface area contributed by atoms with Crippen LogP contribution in [0.3, 0.4) is 0 Å². The van der Waals surface area contributed by atoms with Crippen LogP contribution in [-0.2, 0) is 4.79 Å². The number of carbonyl (C=O) groups excluding carboxylic acids is 2. The summed E-state index contributed by atoms with van der Waals surface area (Å²) in [6.45, 7) is 4.33. The lowest BCUT2D eigenvalue weighted by Crippen LogP contribution is -2.44. The van der Waals surface area contributed by atoms with Crippen molar-refractivity contribution in [2.24, 2.45) is 0 Å². The van der Waals surface area contributed by atoms with Gasteiger partial charge >= 0.3 is 0 Å². The Morgan fingerprint density at radius 2 is 1.74 bits per heavy atom. The molecule has 0 bridgehead atoms. The molecule has 0 radical (unpaired) electrons. The standard InChI is InChI=1S/C27H32N4O3/c1-30-13-15-31(16-14-30)22-10-8-21(9-11-22)28-19-25-24-18-20(6-4-2-3-5-17-32)7-12-23(24)26(33)29-27(25)34/h4,6-12,18-19,28,32H,2-3,5,13-17H2,1H3,(H,29,33,34). The monoisotopic (exact) mass is 460 g/mol. The fourth-order valence-corrected chi connectivity index (χ4v) is 4.17. The molecule has 2 aromatic carbocycles. The van der Waals surface area contributed by atoms with Crippen molar-refractivity contribution in [3.8, 4) is 0 Å². The molecule has 0 aromatic heterocycles. The number of rotatable bonds is 8. The number of likely N-dealkylation sites (N-methyl/N-ethyl adjacent to an activating group) is 1. The summed E-state index contributed by atoms with van der Waals surface area (Å²) in [6.07, 6.45) is 8.26. The molecule has 2 heterocycles. The van der Waals surface area contributed by atoms with Crippen LogP contribution in [0.2, 0.25) is 0 Å². The molecule has 0 spiro atoms. The average molecular weight is 461 g/mol. The highest BCUT2D eigenvalue weighted by Gasteiger charge is 2.27. The summed E-state index contributed by atoms with van der Waals surface area (Å²) in [6, 6.07) is 13.7. The van der Waals surface area contributed by atoms with E-state index >= 15 is 0 Å². The summed E-state index contributed by atoms with van der Waals surface area (Å²) in [4.78, 5) is 29.7. The maximum absolute atomic E-state index is 12.6. The Morgan fingerprint density at radius 1 is 0.971 bits per heavy atom. The molecule has 4 rings (SSSR count). The maximum Gasteiger partial charge on any atom is 0.260 e. The number of unbranched alkanes of at least 4 members (excludes halogenated alkanes) is 2. The molecule has 1 saturated heterocycles. The van der Waals surface area contributed by atoms with Gasteiger partial charge in [-0.1, -0.05) is 18.2 Å². The van der Waals surface area contributed by atoms with E-state index in [4.69, 9.17) is 5.11 Å². The molecule has 178 valence electrons. The summed E-state index contributed by atoms with van der Waals surface area (Å²) >= 11 is 0. The lowest BCUT2D eigenvalue weighted by atomic mass is 9.93. The minimum Gasteiger partial charge on any atom is -0.396 e. The highest BCUT2D eigenvalue weighted by molar-refractivity contribution is 6.31. The number of hydrogen-bond donors (Lipinski definition) is 3. The van der Waals surface area contributed by atoms with E-state index in [1.807, 2.05) is 36.4 Å². The highest BCUT2D eigenvalue weighted by Crippen LogP contribution is 2.27. The van der Waals surface area contributed by atoms with Crippen molar-refractivity contribution in [2.75, 3.05) is 50.1 Å². The van der Waals surface area contributed by atoms with Crippen LogP contribution < -0.4 is 15.5 Å². The van der Waals surface area contributed by atoms with Crippen molar-refractivity contribution in [2.45, 2.75) is 19.3 Å². The molecule has 2 aliphatic heterocycles. The fraction of sp³-hybridized carbons (Fsp3) is 0.333. The van der Waals surface area contributed by atoms with E-state index in [2.05, 4.69) is 39.6 Å². The van der Waals surface area contributed by atoms with Crippen LogP contribution in [0.15, 0.2) is 54.7 Å². The van der Waals surface area contributed by atoms with E-state index < -0.39 is 5.91 Å². The zero-order valence-corrected chi connectivity index (χ0v) is 19.6. The second kappa shape index (κ2) is 11.1. The van der Waals surface area contributed by atoms with Crippen LogP contribution in [-0.4, -0.2) is 61.7 Å². The molecule has 0 atom stereocenters. The number of allylic oxidation sites excluding steroid dienone is 1. The van der Waals surface area contributed by atoms with Crippen LogP contribution in [0.25, 0.3) is 11.6 Å². The molecular formula is C27H32N4O3. The van der Waals surface area contributed by atoms with Gasteiger partial charge in [0.05, 0.1) is 5.57 Å². The first-order chi connectivity index (χ1) is 16.5. The topological polar surface area (TPSA) is 84.9 Å². The summed E-state index contributed by atoms with van der Waals surface area (Å²) in [7, 11) is 2.14. The Labute approximate surface area is 200 Å². The fourth-order valence-electron chi connectivity index (χ4n) is 4.17. The predicted molar refractivity (Wildman–Crippen MR) is 137 cm³/mol. The Kier molecular flexibility index (Phi) is 7.77. The zero-order valence-electron chi connectivity index (χ0n) is 19.6. The van der Waals surface area contributed by atoms with E-state index in [0.29, 0.717) is 16.7 Å². The number of nitrogens with zero attached hydrogens (tertiary/aromatic N) is 2. The molecule has 0 aliphatic carbocycles. The second-order valence-corrected chi connectivity index (χ2v) is 8.75. The van der Waals surface area contributed by atoms with E-state index in [-0.39, 0.29) is 12.5 Å². The first-order valence-corrected chi connectivity index (χ1v) is 11.8. The van der Waals surface area contributed by atoms with Gasteiger partial charge in [-0.15, -0.1) is 0 Å². The molecule has 7 nitrogen and oxygen atoms in total. The number of imide groups is 1. The summed E-state index contributed by atoms with van der Waals surface area (Å²) in [5.41, 5.74) is 4.51. The number of hydrogen-bond acceptors (Lipinski definition) is 6. The molecule has 2 aromatic rings. The summed E-state index contributed by atoms with van der Waals surface area (Å²) in [5, 5.41) is 14.5. The smallest absolute Gasteiger partial charge is 0.260 e. The Balaban J connectivity index is 1.49. The van der Waals surface area contributed by atoms with E-state index in [0.717, 1.165) is 56.7 Å². The molecular weight excluding hydrogens is 428 g/mol. The first kappa shape index (κ1) is 23.7. The first-order valence-electron chi connectivity index (χ1n) is 11.8. The van der Waals surface area contributed by atoms with Gasteiger partial charge in [0.15, 0.2) is 0 Å². The van der Waals surface area contributed by atoms with E-state index in [1.54, 1.807) is 12.3 Å². The third-order valence-electron chi connectivity index (χ3n) is 6.26. The van der Waals surface area contributed by atoms with Gasteiger partial charge in [-0.2, -0.15) is 0 Å². The van der Waals surface area contributed by atoms with Gasteiger partial charge in [0.2, 0.25) is 0 Å². The number of piperazine rings is 1. The quantitative estimate of drug-likeness (QED) is 0.318. The van der Waals surface area contributed by atoms with Crippen molar-refractivity contribution >= 4 is 34.8 Å². The summed E-state index contributed by atoms with van der Waals surface area (Å²) in [5.74, 6) is -0.796. The van der Waals surface area contributed by atoms with Crippen molar-refractivity contribution < 1.29 is 14.7 Å². The van der Waals surface area contributed by atoms with Crippen molar-refractivity contribution in [3.05, 3.63) is 71.4 Å². The van der Waals surface area contributed by atoms with E-state index in [1.165, 1.54) is 5.69 Å². The number of benzene rings is 2. The predicted octanol–water partition coefficient (Wildman–Crippen LogP) is 3.34. The van der Waals surface area contributed by atoms with Gasteiger partial charge < -0.3 is 20.2 Å². The number of aliphatic hydroxyl groups is 1.